The highest BCUT2D eigenvalue weighted by Crippen LogP contribution is 2.16. The molecule has 0 unspecified atom stereocenters. The normalized spacial score (nSPS) is 18.4. The molecule has 1 saturated heterocycles. The maximum absolute atomic E-state index is 11.9. The first-order valence-electron chi connectivity index (χ1n) is 6.85. The van der Waals surface area contributed by atoms with Crippen LogP contribution < -0.4 is 5.32 Å². The molecule has 3 amide bonds. The van der Waals surface area contributed by atoms with Gasteiger partial charge in [-0.25, -0.2) is 9.78 Å². The van der Waals surface area contributed by atoms with E-state index in [9.17, 15) is 9.59 Å². The van der Waals surface area contributed by atoms with E-state index in [0.717, 1.165) is 18.9 Å². The zero-order chi connectivity index (χ0) is 14.5. The first-order chi connectivity index (χ1) is 9.60. The molecule has 2 heterocycles. The molecule has 110 valence electrons. The van der Waals surface area contributed by atoms with E-state index in [1.807, 2.05) is 11.8 Å². The Kier molecular flexibility index (Phi) is 4.60. The summed E-state index contributed by atoms with van der Waals surface area (Å²) in [6, 6.07) is -0.149. The molecule has 0 spiro atoms. The highest BCUT2D eigenvalue weighted by Gasteiger charge is 2.28. The number of nitrogens with zero attached hydrogens (tertiary/aromatic N) is 3. The lowest BCUT2D eigenvalue weighted by Crippen LogP contribution is -2.39. The second-order valence-electron chi connectivity index (χ2n) is 5.08. The van der Waals surface area contributed by atoms with Crippen molar-refractivity contribution in [3.8, 4) is 0 Å². The van der Waals surface area contributed by atoms with Gasteiger partial charge in [-0.15, -0.1) is 0 Å². The Bertz CT molecular complexity index is 459. The summed E-state index contributed by atoms with van der Waals surface area (Å²) < 4.78 is 0. The molecule has 7 nitrogen and oxygen atoms in total. The van der Waals surface area contributed by atoms with E-state index in [4.69, 9.17) is 0 Å². The number of carbonyl (C=O) groups is 2. The van der Waals surface area contributed by atoms with Crippen molar-refractivity contribution < 1.29 is 9.59 Å². The highest BCUT2D eigenvalue weighted by atomic mass is 16.2. The lowest BCUT2D eigenvalue weighted by atomic mass is 10.1. The Morgan fingerprint density at radius 2 is 2.45 bits per heavy atom. The predicted molar refractivity (Wildman–Crippen MR) is 73.8 cm³/mol. The van der Waals surface area contributed by atoms with Crippen molar-refractivity contribution in [1.82, 2.24) is 25.1 Å². The van der Waals surface area contributed by atoms with Crippen molar-refractivity contribution in [2.24, 2.45) is 5.92 Å². The number of H-pyrrole nitrogens is 1. The van der Waals surface area contributed by atoms with Crippen LogP contribution in [0.4, 0.5) is 4.79 Å². The van der Waals surface area contributed by atoms with Crippen LogP contribution in [-0.2, 0) is 11.3 Å². The van der Waals surface area contributed by atoms with Gasteiger partial charge in [-0.3, -0.25) is 4.79 Å². The Morgan fingerprint density at radius 3 is 3.05 bits per heavy atom. The van der Waals surface area contributed by atoms with Crippen LogP contribution >= 0.6 is 0 Å². The molecule has 1 aromatic heterocycles. The van der Waals surface area contributed by atoms with Crippen LogP contribution in [0.3, 0.4) is 0 Å². The molecule has 0 bridgehead atoms. The molecule has 0 aromatic carbocycles. The van der Waals surface area contributed by atoms with Crippen molar-refractivity contribution in [3.63, 3.8) is 0 Å². The maximum Gasteiger partial charge on any atom is 0.317 e. The number of likely N-dealkylation sites (tertiary alicyclic amines) is 1. The molecule has 2 rings (SSSR count). The van der Waals surface area contributed by atoms with Gasteiger partial charge in [0.05, 0.1) is 6.54 Å². The number of hydrogen-bond acceptors (Lipinski definition) is 3. The van der Waals surface area contributed by atoms with Gasteiger partial charge >= 0.3 is 6.03 Å². The van der Waals surface area contributed by atoms with Gasteiger partial charge in [-0.2, -0.15) is 0 Å². The number of nitrogens with one attached hydrogen (secondary N) is 2. The molecule has 0 radical (unpaired) electrons. The third-order valence-corrected chi connectivity index (χ3v) is 3.51. The lowest BCUT2D eigenvalue weighted by molar-refractivity contribution is -0.127. The van der Waals surface area contributed by atoms with Gasteiger partial charge < -0.3 is 20.1 Å². The molecule has 1 fully saturated rings. The minimum Gasteiger partial charge on any atom is -0.347 e. The molecular weight excluding hydrogens is 258 g/mol. The molecular formula is C13H21N5O2. The van der Waals surface area contributed by atoms with Gasteiger partial charge in [-0.05, 0) is 6.92 Å². The SMILES string of the molecule is CCN1C[C@@H](CNC(=O)N(C)Cc2ncc[nH]2)CC1=O. The Hall–Kier alpha value is -2.05. The highest BCUT2D eigenvalue weighted by molar-refractivity contribution is 5.79. The van der Waals surface area contributed by atoms with Crippen LogP contribution in [-0.4, -0.2) is 58.4 Å². The molecule has 20 heavy (non-hydrogen) atoms. The molecule has 7 heteroatoms. The fourth-order valence-corrected chi connectivity index (χ4v) is 2.34. The van der Waals surface area contributed by atoms with Gasteiger partial charge in [-0.1, -0.05) is 0 Å². The summed E-state index contributed by atoms with van der Waals surface area (Å²) in [5.74, 6) is 1.13. The minimum absolute atomic E-state index is 0.149. The first kappa shape index (κ1) is 14.4. The van der Waals surface area contributed by atoms with Crippen LogP contribution in [0, 0.1) is 5.92 Å². The Morgan fingerprint density at radius 1 is 1.65 bits per heavy atom. The number of aromatic amines is 1. The lowest BCUT2D eigenvalue weighted by Gasteiger charge is -2.18. The fraction of sp³-hybridized carbons (Fsp3) is 0.615. The second kappa shape index (κ2) is 6.40. The number of hydrogen-bond donors (Lipinski definition) is 2. The smallest absolute Gasteiger partial charge is 0.317 e. The van der Waals surface area contributed by atoms with E-state index in [1.165, 1.54) is 0 Å². The summed E-state index contributed by atoms with van der Waals surface area (Å²) in [6.45, 7) is 4.41. The number of imidazole rings is 1. The summed E-state index contributed by atoms with van der Waals surface area (Å²) in [7, 11) is 1.72. The summed E-state index contributed by atoms with van der Waals surface area (Å²) in [6.07, 6.45) is 3.91. The Labute approximate surface area is 118 Å². The summed E-state index contributed by atoms with van der Waals surface area (Å²) in [5.41, 5.74) is 0. The van der Waals surface area contributed by atoms with E-state index in [-0.39, 0.29) is 17.9 Å². The second-order valence-corrected chi connectivity index (χ2v) is 5.08. The number of aromatic nitrogens is 2. The molecule has 0 aliphatic carbocycles. The summed E-state index contributed by atoms with van der Waals surface area (Å²) in [5, 5.41) is 2.87. The first-order valence-corrected chi connectivity index (χ1v) is 6.85. The van der Waals surface area contributed by atoms with Crippen LogP contribution in [0.25, 0.3) is 0 Å². The Balaban J connectivity index is 1.74. The number of rotatable bonds is 5. The zero-order valence-electron chi connectivity index (χ0n) is 11.9. The number of carbonyl (C=O) groups excluding carboxylic acids is 2. The van der Waals surface area contributed by atoms with Crippen molar-refractivity contribution >= 4 is 11.9 Å². The number of amides is 3. The topological polar surface area (TPSA) is 81.3 Å². The van der Waals surface area contributed by atoms with Crippen molar-refractivity contribution in [3.05, 3.63) is 18.2 Å². The predicted octanol–water partition coefficient (Wildman–Crippen LogP) is 0.419. The molecule has 2 N–H and O–H groups in total. The molecule has 1 aliphatic heterocycles. The van der Waals surface area contributed by atoms with E-state index in [2.05, 4.69) is 15.3 Å². The van der Waals surface area contributed by atoms with Crippen molar-refractivity contribution in [2.75, 3.05) is 26.7 Å². The third kappa shape index (κ3) is 3.49. The monoisotopic (exact) mass is 279 g/mol. The van der Waals surface area contributed by atoms with Crippen LogP contribution in [0.15, 0.2) is 12.4 Å². The van der Waals surface area contributed by atoms with E-state index in [1.54, 1.807) is 24.3 Å². The van der Waals surface area contributed by atoms with Crippen LogP contribution in [0.5, 0.6) is 0 Å². The molecule has 1 atom stereocenters. The maximum atomic E-state index is 11.9. The van der Waals surface area contributed by atoms with Crippen molar-refractivity contribution in [2.45, 2.75) is 19.9 Å². The average Bonchev–Trinajstić information content (AvgIpc) is 3.05. The van der Waals surface area contributed by atoms with E-state index < -0.39 is 0 Å². The standard InChI is InChI=1S/C13H21N5O2/c1-3-18-8-10(6-12(18)19)7-16-13(20)17(2)9-11-14-4-5-15-11/h4-5,10H,3,6-9H2,1-2H3,(H,14,15)(H,16,20)/t10-/m1/s1. The van der Waals surface area contributed by atoms with Gasteiger partial charge in [0.2, 0.25) is 5.91 Å². The molecule has 0 saturated carbocycles. The van der Waals surface area contributed by atoms with E-state index >= 15 is 0 Å². The quantitative estimate of drug-likeness (QED) is 0.819. The summed E-state index contributed by atoms with van der Waals surface area (Å²) >= 11 is 0. The minimum atomic E-state index is -0.149. The van der Waals surface area contributed by atoms with Gasteiger partial charge in [0.15, 0.2) is 0 Å². The van der Waals surface area contributed by atoms with Crippen LogP contribution in [0.1, 0.15) is 19.2 Å². The van der Waals surface area contributed by atoms with Gasteiger partial charge in [0.25, 0.3) is 0 Å². The largest absolute Gasteiger partial charge is 0.347 e. The summed E-state index contributed by atoms with van der Waals surface area (Å²) in [4.78, 5) is 33.9. The van der Waals surface area contributed by atoms with Crippen LogP contribution in [0.2, 0.25) is 0 Å². The fourth-order valence-electron chi connectivity index (χ4n) is 2.34. The van der Waals surface area contributed by atoms with Gasteiger partial charge in [0, 0.05) is 51.4 Å². The van der Waals surface area contributed by atoms with E-state index in [0.29, 0.717) is 19.5 Å². The zero-order valence-corrected chi connectivity index (χ0v) is 11.9. The number of urea groups is 1. The average molecular weight is 279 g/mol. The molecule has 1 aromatic rings. The third-order valence-electron chi connectivity index (χ3n) is 3.51. The molecule has 1 aliphatic rings. The van der Waals surface area contributed by atoms with Crippen molar-refractivity contribution in [1.29, 1.82) is 0 Å². The van der Waals surface area contributed by atoms with Gasteiger partial charge in [0.1, 0.15) is 5.82 Å².